The van der Waals surface area contributed by atoms with Crippen molar-refractivity contribution in [2.45, 2.75) is 19.3 Å². The molecule has 114 valence electrons. The molecule has 0 aliphatic heterocycles. The quantitative estimate of drug-likeness (QED) is 0.614. The number of rotatable bonds is 4. The number of nitrogens with one attached hydrogen (secondary N) is 1. The lowest BCUT2D eigenvalue weighted by Gasteiger charge is -2.16. The molecule has 0 bridgehead atoms. The predicted molar refractivity (Wildman–Crippen MR) is 79.0 cm³/mol. The van der Waals surface area contributed by atoms with Gasteiger partial charge >= 0.3 is 6.36 Å². The Morgan fingerprint density at radius 1 is 1.33 bits per heavy atom. The average molecular weight is 381 g/mol. The molecule has 1 atom stereocenters. The van der Waals surface area contributed by atoms with E-state index in [1.807, 2.05) is 13.0 Å². The summed E-state index contributed by atoms with van der Waals surface area (Å²) in [6, 6.07) is 7.28. The fourth-order valence-electron chi connectivity index (χ4n) is 1.86. The van der Waals surface area contributed by atoms with Gasteiger partial charge in [0.15, 0.2) is 0 Å². The normalized spacial score (nSPS) is 13.2. The van der Waals surface area contributed by atoms with Crippen molar-refractivity contribution in [3.05, 3.63) is 50.1 Å². The van der Waals surface area contributed by atoms with Crippen LogP contribution in [0.3, 0.4) is 0 Å². The third-order valence-electron chi connectivity index (χ3n) is 2.75. The summed E-state index contributed by atoms with van der Waals surface area (Å²) in [5, 5.41) is 0. The number of hydrogen-bond donors (Lipinski definition) is 2. The van der Waals surface area contributed by atoms with E-state index in [9.17, 15) is 13.2 Å². The standard InChI is InChI=1S/C13H12BrF3N2OS/c1-7-5-10(21-12(7)14)11(19-18)8-3-2-4-9(6-8)20-13(15,16)17/h2-6,11,19H,18H2,1H3. The largest absolute Gasteiger partial charge is 0.573 e. The molecule has 1 aromatic heterocycles. The molecule has 0 fully saturated rings. The van der Waals surface area contributed by atoms with E-state index < -0.39 is 12.4 Å². The van der Waals surface area contributed by atoms with Gasteiger partial charge in [0.1, 0.15) is 5.75 Å². The molecule has 3 N–H and O–H groups in total. The maximum absolute atomic E-state index is 12.3. The van der Waals surface area contributed by atoms with E-state index in [1.54, 1.807) is 6.07 Å². The summed E-state index contributed by atoms with van der Waals surface area (Å²) >= 11 is 4.89. The topological polar surface area (TPSA) is 47.3 Å². The van der Waals surface area contributed by atoms with Crippen molar-refractivity contribution < 1.29 is 17.9 Å². The number of hydrogen-bond acceptors (Lipinski definition) is 4. The molecule has 1 heterocycles. The molecule has 2 aromatic rings. The minimum Gasteiger partial charge on any atom is -0.406 e. The van der Waals surface area contributed by atoms with Crippen LogP contribution >= 0.6 is 27.3 Å². The number of ether oxygens (including phenoxy) is 1. The van der Waals surface area contributed by atoms with Crippen molar-refractivity contribution >= 4 is 27.3 Å². The molecule has 2 rings (SSSR count). The van der Waals surface area contributed by atoms with Crippen LogP contribution < -0.4 is 16.0 Å². The molecular formula is C13H12BrF3N2OS. The van der Waals surface area contributed by atoms with Crippen LogP contribution in [-0.2, 0) is 0 Å². The number of aryl methyl sites for hydroxylation is 1. The first-order chi connectivity index (χ1) is 9.80. The third-order valence-corrected chi connectivity index (χ3v) is 4.95. The Balaban J connectivity index is 2.32. The number of hydrazine groups is 1. The summed E-state index contributed by atoms with van der Waals surface area (Å²) in [5.41, 5.74) is 4.25. The first kappa shape index (κ1) is 16.3. The first-order valence-electron chi connectivity index (χ1n) is 5.88. The van der Waals surface area contributed by atoms with Gasteiger partial charge < -0.3 is 4.74 Å². The van der Waals surface area contributed by atoms with E-state index in [0.29, 0.717) is 5.56 Å². The lowest BCUT2D eigenvalue weighted by molar-refractivity contribution is -0.274. The molecule has 3 nitrogen and oxygen atoms in total. The highest BCUT2D eigenvalue weighted by molar-refractivity contribution is 9.11. The fraction of sp³-hybridized carbons (Fsp3) is 0.231. The molecule has 0 amide bonds. The smallest absolute Gasteiger partial charge is 0.406 e. The summed E-state index contributed by atoms with van der Waals surface area (Å²) in [5.74, 6) is 5.28. The highest BCUT2D eigenvalue weighted by Gasteiger charge is 2.31. The fourth-order valence-corrected chi connectivity index (χ4v) is 3.52. The van der Waals surface area contributed by atoms with Gasteiger partial charge in [0, 0.05) is 4.88 Å². The van der Waals surface area contributed by atoms with E-state index in [-0.39, 0.29) is 5.75 Å². The molecule has 0 spiro atoms. The van der Waals surface area contributed by atoms with Gasteiger partial charge in [-0.15, -0.1) is 24.5 Å². The number of benzene rings is 1. The number of alkyl halides is 3. The van der Waals surface area contributed by atoms with Gasteiger partial charge in [-0.1, -0.05) is 12.1 Å². The molecule has 1 aromatic carbocycles. The third kappa shape index (κ3) is 4.19. The zero-order chi connectivity index (χ0) is 15.6. The van der Waals surface area contributed by atoms with Crippen molar-refractivity contribution in [1.82, 2.24) is 5.43 Å². The lowest BCUT2D eigenvalue weighted by atomic mass is 10.1. The summed E-state index contributed by atoms with van der Waals surface area (Å²) in [7, 11) is 0. The zero-order valence-corrected chi connectivity index (χ0v) is 13.3. The van der Waals surface area contributed by atoms with Crippen LogP contribution in [0.5, 0.6) is 5.75 Å². The van der Waals surface area contributed by atoms with E-state index in [2.05, 4.69) is 26.1 Å². The van der Waals surface area contributed by atoms with Gasteiger partial charge in [0.25, 0.3) is 0 Å². The Kier molecular flexibility index (Phi) is 4.92. The minimum atomic E-state index is -4.72. The van der Waals surface area contributed by atoms with Crippen LogP contribution in [0.1, 0.15) is 22.0 Å². The first-order valence-corrected chi connectivity index (χ1v) is 7.49. The van der Waals surface area contributed by atoms with Crippen LogP contribution in [0.15, 0.2) is 34.1 Å². The van der Waals surface area contributed by atoms with E-state index >= 15 is 0 Å². The van der Waals surface area contributed by atoms with Gasteiger partial charge in [0.05, 0.1) is 9.83 Å². The monoisotopic (exact) mass is 380 g/mol. The van der Waals surface area contributed by atoms with Crippen molar-refractivity contribution in [2.75, 3.05) is 0 Å². The van der Waals surface area contributed by atoms with E-state index in [0.717, 1.165) is 14.2 Å². The summed E-state index contributed by atoms with van der Waals surface area (Å²) in [6.45, 7) is 1.93. The Morgan fingerprint density at radius 2 is 2.05 bits per heavy atom. The molecule has 8 heteroatoms. The van der Waals surface area contributed by atoms with Gasteiger partial charge in [-0.25, -0.2) is 5.43 Å². The van der Waals surface area contributed by atoms with Gasteiger partial charge in [-0.3, -0.25) is 5.84 Å². The molecule has 0 saturated carbocycles. The molecular weight excluding hydrogens is 369 g/mol. The molecule has 0 aliphatic carbocycles. The van der Waals surface area contributed by atoms with Gasteiger partial charge in [-0.2, -0.15) is 0 Å². The second-order valence-corrected chi connectivity index (χ2v) is 6.73. The van der Waals surface area contributed by atoms with Crippen molar-refractivity contribution in [3.63, 3.8) is 0 Å². The Labute approximate surface area is 132 Å². The second kappa shape index (κ2) is 6.35. The highest BCUT2D eigenvalue weighted by atomic mass is 79.9. The maximum atomic E-state index is 12.3. The second-order valence-electron chi connectivity index (χ2n) is 4.33. The van der Waals surface area contributed by atoms with Crippen LogP contribution in [-0.4, -0.2) is 6.36 Å². The highest BCUT2D eigenvalue weighted by Crippen LogP contribution is 2.35. The summed E-state index contributed by atoms with van der Waals surface area (Å²) in [6.07, 6.45) is -4.72. The van der Waals surface area contributed by atoms with Crippen LogP contribution in [0, 0.1) is 6.92 Å². The lowest BCUT2D eigenvalue weighted by Crippen LogP contribution is -2.28. The van der Waals surface area contributed by atoms with Gasteiger partial charge in [0.2, 0.25) is 0 Å². The number of nitrogens with two attached hydrogens (primary N) is 1. The van der Waals surface area contributed by atoms with E-state index in [1.165, 1.54) is 29.5 Å². The van der Waals surface area contributed by atoms with Crippen molar-refractivity contribution in [3.8, 4) is 5.75 Å². The maximum Gasteiger partial charge on any atom is 0.573 e. The summed E-state index contributed by atoms with van der Waals surface area (Å²) < 4.78 is 41.7. The number of thiophene rings is 1. The van der Waals surface area contributed by atoms with Crippen LogP contribution in [0.25, 0.3) is 0 Å². The van der Waals surface area contributed by atoms with Crippen molar-refractivity contribution in [2.24, 2.45) is 5.84 Å². The van der Waals surface area contributed by atoms with Crippen molar-refractivity contribution in [1.29, 1.82) is 0 Å². The minimum absolute atomic E-state index is 0.271. The Bertz CT molecular complexity index is 611. The molecule has 0 radical (unpaired) electrons. The average Bonchev–Trinajstić information content (AvgIpc) is 2.68. The molecule has 1 unspecified atom stereocenters. The molecule has 0 saturated heterocycles. The van der Waals surface area contributed by atoms with Crippen LogP contribution in [0.2, 0.25) is 0 Å². The number of halogens is 4. The SMILES string of the molecule is Cc1cc(C(NN)c2cccc(OC(F)(F)F)c2)sc1Br. The summed E-state index contributed by atoms with van der Waals surface area (Å²) in [4.78, 5) is 0.894. The zero-order valence-electron chi connectivity index (χ0n) is 10.9. The predicted octanol–water partition coefficient (Wildman–Crippen LogP) is 4.27. The Morgan fingerprint density at radius 3 is 2.57 bits per heavy atom. The van der Waals surface area contributed by atoms with Gasteiger partial charge in [-0.05, 0) is 52.2 Å². The Hall–Kier alpha value is -1.09. The van der Waals surface area contributed by atoms with Crippen LogP contribution in [0.4, 0.5) is 13.2 Å². The molecule has 0 aliphatic rings. The molecule has 21 heavy (non-hydrogen) atoms. The van der Waals surface area contributed by atoms with E-state index in [4.69, 9.17) is 5.84 Å².